The van der Waals surface area contributed by atoms with Crippen molar-refractivity contribution in [2.45, 2.75) is 287 Å². The van der Waals surface area contributed by atoms with Crippen LogP contribution in [0.2, 0.25) is 0 Å². The first-order valence-electron chi connectivity index (χ1n) is 29.9. The highest BCUT2D eigenvalue weighted by atomic mass is 16.7. The van der Waals surface area contributed by atoms with Crippen molar-refractivity contribution < 1.29 is 69.0 Å². The van der Waals surface area contributed by atoms with Crippen LogP contribution in [0.4, 0.5) is 0 Å². The summed E-state index contributed by atoms with van der Waals surface area (Å²) < 4.78 is 34.4. The van der Waals surface area contributed by atoms with Crippen molar-refractivity contribution in [3.8, 4) is 0 Å². The minimum atomic E-state index is -1.71. The molecule has 2 aliphatic heterocycles. The van der Waals surface area contributed by atoms with Gasteiger partial charge in [0.2, 0.25) is 0 Å². The number of hydrogen-bond acceptors (Lipinski definition) is 14. The Kier molecular flexibility index (Phi) is 43.7. The Morgan fingerprint density at radius 2 is 0.867 bits per heavy atom. The van der Waals surface area contributed by atoms with E-state index in [9.17, 15) is 40.5 Å². The first-order chi connectivity index (χ1) is 36.6. The molecule has 0 aliphatic carbocycles. The molecule has 11 unspecified atom stereocenters. The van der Waals surface area contributed by atoms with Crippen molar-refractivity contribution in [1.29, 1.82) is 0 Å². The molecule has 2 rings (SSSR count). The van der Waals surface area contributed by atoms with Crippen LogP contribution in [-0.2, 0) is 33.2 Å². The zero-order chi connectivity index (χ0) is 54.4. The smallest absolute Gasteiger partial charge is 0.306 e. The van der Waals surface area contributed by atoms with Crippen molar-refractivity contribution in [3.63, 3.8) is 0 Å². The fourth-order valence-electron chi connectivity index (χ4n) is 9.21. The highest BCUT2D eigenvalue weighted by Gasteiger charge is 2.47. The third-order valence-electron chi connectivity index (χ3n) is 14.0. The van der Waals surface area contributed by atoms with Gasteiger partial charge in [0.25, 0.3) is 0 Å². The summed E-state index contributed by atoms with van der Waals surface area (Å²) in [4.78, 5) is 13.1. The Morgan fingerprint density at radius 1 is 0.453 bits per heavy atom. The number of rotatable bonds is 48. The van der Waals surface area contributed by atoms with Crippen LogP contribution >= 0.6 is 0 Å². The minimum Gasteiger partial charge on any atom is -0.457 e. The van der Waals surface area contributed by atoms with Crippen LogP contribution in [-0.4, -0.2) is 142 Å². The Hall–Kier alpha value is -2.31. The molecule has 2 heterocycles. The molecule has 0 amide bonds. The van der Waals surface area contributed by atoms with Gasteiger partial charge in [-0.05, 0) is 77.0 Å². The summed E-state index contributed by atoms with van der Waals surface area (Å²) >= 11 is 0. The molecule has 0 saturated carbocycles. The fourth-order valence-corrected chi connectivity index (χ4v) is 9.21. The predicted molar refractivity (Wildman–Crippen MR) is 298 cm³/mol. The largest absolute Gasteiger partial charge is 0.457 e. The third kappa shape index (κ3) is 34.3. The summed E-state index contributed by atoms with van der Waals surface area (Å²) in [5.41, 5.74) is 0. The number of hydrogen-bond donors (Lipinski definition) is 7. The predicted octanol–water partition coefficient (Wildman–Crippen LogP) is 10.9. The van der Waals surface area contributed by atoms with Gasteiger partial charge in [0.1, 0.15) is 54.9 Å². The fraction of sp³-hybridized carbons (Fsp3) is 0.820. The lowest BCUT2D eigenvalue weighted by molar-refractivity contribution is -0.332. The molecule has 2 fully saturated rings. The van der Waals surface area contributed by atoms with Crippen LogP contribution in [0, 0.1) is 0 Å². The summed E-state index contributed by atoms with van der Waals surface area (Å²) in [6.45, 7) is 3.57. The minimum absolute atomic E-state index is 0.0551. The Morgan fingerprint density at radius 3 is 1.36 bits per heavy atom. The van der Waals surface area contributed by atoms with Gasteiger partial charge in [0.15, 0.2) is 12.6 Å². The van der Waals surface area contributed by atoms with Gasteiger partial charge < -0.3 is 64.2 Å². The van der Waals surface area contributed by atoms with Crippen molar-refractivity contribution >= 4 is 5.97 Å². The van der Waals surface area contributed by atoms with Crippen LogP contribution in [0.25, 0.3) is 0 Å². The highest BCUT2D eigenvalue weighted by Crippen LogP contribution is 2.27. The molecule has 14 heteroatoms. The number of carbonyl (C=O) groups excluding carboxylic acids is 1. The molecular weight excluding hydrogens is 957 g/mol. The van der Waals surface area contributed by atoms with E-state index in [-0.39, 0.29) is 25.6 Å². The summed E-state index contributed by atoms with van der Waals surface area (Å²) in [6.07, 6.45) is 42.8. The SMILES string of the molecule is CC/C=C\C/C=C\C/C=C\CCCCCCCCCC(=O)OC(COCCCCCCCCCCCCCC/C=C\C/C=C\CCCCCCC)COC1OC(COC2OC(CO)C(O)C(O)C2O)C(O)C(O)C1O. The number of ether oxygens (including phenoxy) is 6. The van der Waals surface area contributed by atoms with E-state index in [1.54, 1.807) is 0 Å². The van der Waals surface area contributed by atoms with Crippen molar-refractivity contribution in [1.82, 2.24) is 0 Å². The number of aliphatic hydroxyl groups excluding tert-OH is 7. The molecule has 0 spiro atoms. The molecule has 14 nitrogen and oxygen atoms in total. The summed E-state index contributed by atoms with van der Waals surface area (Å²) in [5.74, 6) is -0.386. The molecule has 2 saturated heterocycles. The summed E-state index contributed by atoms with van der Waals surface area (Å²) in [7, 11) is 0. The maximum atomic E-state index is 13.1. The van der Waals surface area contributed by atoms with Crippen molar-refractivity contribution in [2.24, 2.45) is 0 Å². The molecule has 75 heavy (non-hydrogen) atoms. The average Bonchev–Trinajstić information content (AvgIpc) is 3.41. The Balaban J connectivity index is 1.69. The van der Waals surface area contributed by atoms with Crippen molar-refractivity contribution in [3.05, 3.63) is 60.8 Å². The second kappa shape index (κ2) is 47.7. The summed E-state index contributed by atoms with van der Waals surface area (Å²) in [5, 5.41) is 72.4. The van der Waals surface area contributed by atoms with Gasteiger partial charge in [-0.15, -0.1) is 0 Å². The van der Waals surface area contributed by atoms with E-state index in [1.807, 2.05) is 0 Å². The molecule has 0 bridgehead atoms. The van der Waals surface area contributed by atoms with Gasteiger partial charge >= 0.3 is 5.97 Å². The van der Waals surface area contributed by atoms with E-state index in [0.29, 0.717) is 13.0 Å². The van der Waals surface area contributed by atoms with E-state index in [0.717, 1.165) is 77.0 Å². The highest BCUT2D eigenvalue weighted by molar-refractivity contribution is 5.69. The van der Waals surface area contributed by atoms with Crippen LogP contribution in [0.3, 0.4) is 0 Å². The maximum Gasteiger partial charge on any atom is 0.306 e. The van der Waals surface area contributed by atoms with Gasteiger partial charge in [0.05, 0.1) is 26.4 Å². The Bertz CT molecular complexity index is 1470. The topological polar surface area (TPSA) is 214 Å². The van der Waals surface area contributed by atoms with Gasteiger partial charge in [-0.25, -0.2) is 0 Å². The number of unbranched alkanes of at least 4 members (excludes halogenated alkanes) is 24. The van der Waals surface area contributed by atoms with Crippen LogP contribution in [0.5, 0.6) is 0 Å². The standard InChI is InChI=1S/C61H108O14/c1-3-5-7-9-11-13-15-17-19-21-22-23-24-25-26-27-29-31-33-35-37-39-41-43-45-70-47-50(73-53(63)44-42-40-38-36-34-32-30-28-20-18-16-14-12-10-8-6-4-2)48-71-60-59(69)57(67)55(65)52(75-60)49-72-61-58(68)56(66)54(64)51(46-62)74-61/h6,8,12,14-15,17-18,20-22,50-52,54-62,64-69H,3-5,7,9-11,13,16,19,23-49H2,1-2H3/b8-6-,14-12-,17-15-,20-18-,22-21-. The molecule has 0 aromatic heterocycles. The van der Waals surface area contributed by atoms with Crippen LogP contribution in [0.1, 0.15) is 219 Å². The Labute approximate surface area is 454 Å². The van der Waals surface area contributed by atoms with Crippen LogP contribution in [0.15, 0.2) is 60.8 Å². The molecule has 436 valence electrons. The van der Waals surface area contributed by atoms with E-state index >= 15 is 0 Å². The van der Waals surface area contributed by atoms with Gasteiger partial charge in [-0.1, -0.05) is 197 Å². The quantitative estimate of drug-likeness (QED) is 0.0172. The first-order valence-corrected chi connectivity index (χ1v) is 29.9. The summed E-state index contributed by atoms with van der Waals surface area (Å²) in [6, 6.07) is 0. The molecule has 11 atom stereocenters. The van der Waals surface area contributed by atoms with E-state index in [2.05, 4.69) is 74.6 Å². The zero-order valence-corrected chi connectivity index (χ0v) is 46.8. The third-order valence-corrected chi connectivity index (χ3v) is 14.0. The molecular formula is C61H108O14. The van der Waals surface area contributed by atoms with Gasteiger partial charge in [0, 0.05) is 13.0 Å². The van der Waals surface area contributed by atoms with E-state index < -0.39 is 80.7 Å². The lowest BCUT2D eigenvalue weighted by Gasteiger charge is -2.42. The molecule has 0 radical (unpaired) electrons. The number of allylic oxidation sites excluding steroid dienone is 10. The lowest BCUT2D eigenvalue weighted by atomic mass is 9.98. The average molecular weight is 1070 g/mol. The second-order valence-corrected chi connectivity index (χ2v) is 20.8. The van der Waals surface area contributed by atoms with Gasteiger partial charge in [-0.2, -0.15) is 0 Å². The normalized spacial score (nSPS) is 25.0. The lowest BCUT2D eigenvalue weighted by Crippen LogP contribution is -2.61. The number of aliphatic hydroxyl groups is 7. The monoisotopic (exact) mass is 1060 g/mol. The molecule has 0 aromatic rings. The first kappa shape index (κ1) is 68.8. The maximum absolute atomic E-state index is 13.1. The van der Waals surface area contributed by atoms with Crippen LogP contribution < -0.4 is 0 Å². The number of carbonyl (C=O) groups is 1. The zero-order valence-electron chi connectivity index (χ0n) is 46.8. The van der Waals surface area contributed by atoms with E-state index in [1.165, 1.54) is 116 Å². The van der Waals surface area contributed by atoms with E-state index in [4.69, 9.17) is 28.4 Å². The number of esters is 1. The molecule has 7 N–H and O–H groups in total. The van der Waals surface area contributed by atoms with Gasteiger partial charge in [-0.3, -0.25) is 4.79 Å². The molecule has 0 aromatic carbocycles. The second-order valence-electron chi connectivity index (χ2n) is 20.8. The molecule has 2 aliphatic rings. The van der Waals surface area contributed by atoms with Crippen molar-refractivity contribution in [2.75, 3.05) is 33.0 Å².